The molecule has 0 rings (SSSR count). The first-order chi connectivity index (χ1) is 6.81. The van der Waals surface area contributed by atoms with E-state index >= 15 is 0 Å². The van der Waals surface area contributed by atoms with E-state index in [0.717, 1.165) is 44.2 Å². The van der Waals surface area contributed by atoms with Crippen LogP contribution in [0.25, 0.3) is 0 Å². The summed E-state index contributed by atoms with van der Waals surface area (Å²) in [5.74, 6) is 2.08. The van der Waals surface area contributed by atoms with Crippen LogP contribution in [0.1, 0.15) is 19.8 Å². The molecule has 0 bridgehead atoms. The lowest BCUT2D eigenvalue weighted by Crippen LogP contribution is -2.21. The van der Waals surface area contributed by atoms with Crippen LogP contribution in [0, 0.1) is 0 Å². The van der Waals surface area contributed by atoms with Crippen molar-refractivity contribution in [1.29, 1.82) is 0 Å². The molecule has 0 aliphatic rings. The summed E-state index contributed by atoms with van der Waals surface area (Å²) in [5, 5.41) is 0. The fourth-order valence-electron chi connectivity index (χ4n) is 0.878. The molecular formula is C10H23NO2S. The zero-order valence-electron chi connectivity index (χ0n) is 9.33. The third-order valence-electron chi connectivity index (χ3n) is 1.87. The van der Waals surface area contributed by atoms with Crippen LogP contribution in [0.4, 0.5) is 0 Å². The number of nitrogens with two attached hydrogens (primary N) is 1. The molecule has 2 N–H and O–H groups in total. The molecule has 0 aromatic carbocycles. The van der Waals surface area contributed by atoms with Gasteiger partial charge in [-0.25, -0.2) is 0 Å². The van der Waals surface area contributed by atoms with Crippen LogP contribution in [0.5, 0.6) is 0 Å². The van der Waals surface area contributed by atoms with E-state index in [0.29, 0.717) is 6.04 Å². The Balaban J connectivity index is 2.92. The largest absolute Gasteiger partial charge is 0.385 e. The summed E-state index contributed by atoms with van der Waals surface area (Å²) in [6, 6.07) is 0.341. The van der Waals surface area contributed by atoms with Gasteiger partial charge in [0.05, 0.1) is 6.61 Å². The first kappa shape index (κ1) is 14.2. The van der Waals surface area contributed by atoms with Crippen LogP contribution in [-0.4, -0.2) is 44.5 Å². The summed E-state index contributed by atoms with van der Waals surface area (Å²) < 4.78 is 10.3. The van der Waals surface area contributed by atoms with Gasteiger partial charge in [0.25, 0.3) is 0 Å². The van der Waals surface area contributed by atoms with Gasteiger partial charge in [-0.05, 0) is 12.8 Å². The highest BCUT2D eigenvalue weighted by Crippen LogP contribution is 2.03. The van der Waals surface area contributed by atoms with E-state index in [9.17, 15) is 0 Å². The Hall–Kier alpha value is 0.230. The number of ether oxygens (including phenoxy) is 2. The lowest BCUT2D eigenvalue weighted by atomic mass is 10.3. The topological polar surface area (TPSA) is 44.5 Å². The standard InChI is InChI=1S/C10H23NO2S/c1-3-10(11)9-14-8-7-13-6-4-5-12-2/h10H,3-9,11H2,1-2H3. The molecule has 0 radical (unpaired) electrons. The molecule has 0 aliphatic carbocycles. The Morgan fingerprint density at radius 3 is 2.71 bits per heavy atom. The van der Waals surface area contributed by atoms with Gasteiger partial charge in [0.2, 0.25) is 0 Å². The van der Waals surface area contributed by atoms with Crippen molar-refractivity contribution in [2.75, 3.05) is 38.4 Å². The Kier molecular flexibility index (Phi) is 11.5. The summed E-state index contributed by atoms with van der Waals surface area (Å²) in [5.41, 5.74) is 5.78. The van der Waals surface area contributed by atoms with Gasteiger partial charge in [-0.2, -0.15) is 11.8 Å². The van der Waals surface area contributed by atoms with Gasteiger partial charge >= 0.3 is 0 Å². The molecule has 0 heterocycles. The highest BCUT2D eigenvalue weighted by molar-refractivity contribution is 7.99. The molecule has 0 fully saturated rings. The average molecular weight is 221 g/mol. The van der Waals surface area contributed by atoms with Crippen LogP contribution in [0.15, 0.2) is 0 Å². The highest BCUT2D eigenvalue weighted by Gasteiger charge is 1.98. The van der Waals surface area contributed by atoms with Gasteiger partial charge in [-0.3, -0.25) is 0 Å². The molecule has 86 valence electrons. The van der Waals surface area contributed by atoms with Crippen LogP contribution in [0.3, 0.4) is 0 Å². The monoisotopic (exact) mass is 221 g/mol. The van der Waals surface area contributed by atoms with E-state index in [4.69, 9.17) is 15.2 Å². The lowest BCUT2D eigenvalue weighted by molar-refractivity contribution is 0.113. The van der Waals surface area contributed by atoms with Gasteiger partial charge in [0, 0.05) is 37.9 Å². The maximum Gasteiger partial charge on any atom is 0.0556 e. The predicted octanol–water partition coefficient (Wildman–Crippen LogP) is 1.51. The highest BCUT2D eigenvalue weighted by atomic mass is 32.2. The summed E-state index contributed by atoms with van der Waals surface area (Å²) in [6.45, 7) is 4.53. The molecule has 1 atom stereocenters. The normalized spacial score (nSPS) is 13.1. The Morgan fingerprint density at radius 1 is 1.29 bits per heavy atom. The van der Waals surface area contributed by atoms with Crippen molar-refractivity contribution in [1.82, 2.24) is 0 Å². The molecule has 1 unspecified atom stereocenters. The zero-order chi connectivity index (χ0) is 10.6. The van der Waals surface area contributed by atoms with Crippen molar-refractivity contribution in [3.8, 4) is 0 Å². The lowest BCUT2D eigenvalue weighted by Gasteiger charge is -2.08. The quantitative estimate of drug-likeness (QED) is 0.568. The molecule has 0 aromatic heterocycles. The van der Waals surface area contributed by atoms with Crippen molar-refractivity contribution in [3.05, 3.63) is 0 Å². The average Bonchev–Trinajstić information content (AvgIpc) is 2.21. The van der Waals surface area contributed by atoms with Crippen molar-refractivity contribution in [2.24, 2.45) is 5.73 Å². The Labute approximate surface area is 91.7 Å². The van der Waals surface area contributed by atoms with E-state index in [1.54, 1.807) is 7.11 Å². The molecule has 0 aliphatic heterocycles. The van der Waals surface area contributed by atoms with Crippen molar-refractivity contribution < 1.29 is 9.47 Å². The summed E-state index contributed by atoms with van der Waals surface area (Å²) in [4.78, 5) is 0. The molecular weight excluding hydrogens is 198 g/mol. The van der Waals surface area contributed by atoms with E-state index in [2.05, 4.69) is 6.92 Å². The van der Waals surface area contributed by atoms with Crippen molar-refractivity contribution in [2.45, 2.75) is 25.8 Å². The molecule has 3 nitrogen and oxygen atoms in total. The van der Waals surface area contributed by atoms with Crippen molar-refractivity contribution in [3.63, 3.8) is 0 Å². The fraction of sp³-hybridized carbons (Fsp3) is 1.00. The molecule has 0 saturated carbocycles. The molecule has 14 heavy (non-hydrogen) atoms. The van der Waals surface area contributed by atoms with E-state index in [-0.39, 0.29) is 0 Å². The van der Waals surface area contributed by atoms with Crippen LogP contribution < -0.4 is 5.73 Å². The van der Waals surface area contributed by atoms with Crippen LogP contribution in [0.2, 0.25) is 0 Å². The second-order valence-electron chi connectivity index (χ2n) is 3.20. The Bertz CT molecular complexity index is 114. The molecule has 0 saturated heterocycles. The maximum absolute atomic E-state index is 5.78. The van der Waals surface area contributed by atoms with Gasteiger partial charge < -0.3 is 15.2 Å². The minimum Gasteiger partial charge on any atom is -0.385 e. The Morgan fingerprint density at radius 2 is 2.07 bits per heavy atom. The van der Waals surface area contributed by atoms with Crippen LogP contribution >= 0.6 is 11.8 Å². The number of methoxy groups -OCH3 is 1. The van der Waals surface area contributed by atoms with E-state index < -0.39 is 0 Å². The summed E-state index contributed by atoms with van der Waals surface area (Å²) >= 11 is 1.87. The molecule has 0 aromatic rings. The van der Waals surface area contributed by atoms with Crippen LogP contribution in [-0.2, 0) is 9.47 Å². The first-order valence-electron chi connectivity index (χ1n) is 5.21. The first-order valence-corrected chi connectivity index (χ1v) is 6.36. The SMILES string of the molecule is CCC(N)CSCCOCCCOC. The number of hydrogen-bond donors (Lipinski definition) is 1. The van der Waals surface area contributed by atoms with Crippen molar-refractivity contribution >= 4 is 11.8 Å². The van der Waals surface area contributed by atoms with E-state index in [1.165, 1.54) is 0 Å². The molecule has 4 heteroatoms. The third-order valence-corrected chi connectivity index (χ3v) is 2.98. The third kappa shape index (κ3) is 10.3. The van der Waals surface area contributed by atoms with Gasteiger partial charge in [0.1, 0.15) is 0 Å². The number of thioether (sulfide) groups is 1. The predicted molar refractivity (Wildman–Crippen MR) is 62.9 cm³/mol. The number of hydrogen-bond acceptors (Lipinski definition) is 4. The van der Waals surface area contributed by atoms with Gasteiger partial charge in [-0.1, -0.05) is 6.92 Å². The van der Waals surface area contributed by atoms with Gasteiger partial charge in [0.15, 0.2) is 0 Å². The van der Waals surface area contributed by atoms with E-state index in [1.807, 2.05) is 11.8 Å². The zero-order valence-corrected chi connectivity index (χ0v) is 10.1. The second kappa shape index (κ2) is 11.3. The smallest absolute Gasteiger partial charge is 0.0556 e. The summed E-state index contributed by atoms with van der Waals surface area (Å²) in [7, 11) is 1.71. The molecule has 0 amide bonds. The fourth-order valence-corrected chi connectivity index (χ4v) is 1.82. The number of rotatable bonds is 10. The minimum atomic E-state index is 0.341. The second-order valence-corrected chi connectivity index (χ2v) is 4.35. The molecule has 0 spiro atoms. The summed E-state index contributed by atoms with van der Waals surface area (Å²) in [6.07, 6.45) is 2.04. The minimum absolute atomic E-state index is 0.341. The van der Waals surface area contributed by atoms with Gasteiger partial charge in [-0.15, -0.1) is 0 Å². The maximum atomic E-state index is 5.78.